The van der Waals surface area contributed by atoms with Crippen LogP contribution in [0.25, 0.3) is 0 Å². The normalized spacial score (nSPS) is 12.8. The van der Waals surface area contributed by atoms with Crippen LogP contribution in [0, 0.1) is 23.3 Å². The predicted octanol–water partition coefficient (Wildman–Crippen LogP) is 0.137. The maximum Gasteiger partial charge on any atom is 0.300 e. The maximum atomic E-state index is 13.1. The van der Waals surface area contributed by atoms with Gasteiger partial charge < -0.3 is 0 Å². The average Bonchev–Trinajstić information content (AvgIpc) is 2.10. The summed E-state index contributed by atoms with van der Waals surface area (Å²) in [4.78, 5) is -4.52. The third-order valence-corrected chi connectivity index (χ3v) is 3.53. The van der Waals surface area contributed by atoms with Crippen molar-refractivity contribution in [3.8, 4) is 0 Å². The Balaban J connectivity index is 4.03. The Kier molecular flexibility index (Phi) is 3.42. The van der Waals surface area contributed by atoms with Gasteiger partial charge in [0.2, 0.25) is 10.0 Å². The third-order valence-electron chi connectivity index (χ3n) is 1.73. The smallest absolute Gasteiger partial charge is 0.282 e. The Morgan fingerprint density at radius 1 is 0.778 bits per heavy atom. The van der Waals surface area contributed by atoms with Gasteiger partial charge in [-0.2, -0.15) is 8.42 Å². The van der Waals surface area contributed by atoms with E-state index in [-0.39, 0.29) is 0 Å². The summed E-state index contributed by atoms with van der Waals surface area (Å²) >= 11 is 0. The van der Waals surface area contributed by atoms with Gasteiger partial charge in [0.05, 0.1) is 0 Å². The van der Waals surface area contributed by atoms with Crippen molar-refractivity contribution in [2.45, 2.75) is 9.79 Å². The summed E-state index contributed by atoms with van der Waals surface area (Å²) in [5.74, 6) is -10.3. The first kappa shape index (κ1) is 14.8. The molecule has 0 saturated heterocycles. The highest BCUT2D eigenvalue weighted by Crippen LogP contribution is 2.29. The fraction of sp³-hybridized carbons (Fsp3) is 0. The van der Waals surface area contributed by atoms with Gasteiger partial charge in [0.25, 0.3) is 0 Å². The number of rotatable bonds is 2. The van der Waals surface area contributed by atoms with Crippen LogP contribution >= 0.6 is 0 Å². The minimum absolute atomic E-state index is 2.18. The molecular weight excluding hydrogens is 306 g/mol. The highest BCUT2D eigenvalue weighted by atomic mass is 32.2. The summed E-state index contributed by atoms with van der Waals surface area (Å²) in [6.45, 7) is 0. The molecule has 1 aromatic carbocycles. The van der Waals surface area contributed by atoms with Crippen molar-refractivity contribution >= 4 is 20.1 Å². The Morgan fingerprint density at radius 2 is 1.06 bits per heavy atom. The number of hydrogen-bond acceptors (Lipinski definition) is 4. The number of halogens is 4. The lowest BCUT2D eigenvalue weighted by Crippen LogP contribution is -2.20. The van der Waals surface area contributed by atoms with E-state index in [1.165, 1.54) is 0 Å². The highest BCUT2D eigenvalue weighted by Gasteiger charge is 2.35. The first-order chi connectivity index (χ1) is 7.89. The molecule has 6 nitrogen and oxygen atoms in total. The number of hydrogen-bond donors (Lipinski definition) is 2. The maximum absolute atomic E-state index is 13.1. The van der Waals surface area contributed by atoms with Crippen molar-refractivity contribution in [2.75, 3.05) is 0 Å². The van der Waals surface area contributed by atoms with Gasteiger partial charge in [-0.25, -0.2) is 31.1 Å². The molecule has 0 unspecified atom stereocenters. The zero-order valence-corrected chi connectivity index (χ0v) is 9.62. The molecule has 102 valence electrons. The molecule has 0 aliphatic carbocycles. The van der Waals surface area contributed by atoms with Crippen LogP contribution in [0.2, 0.25) is 0 Å². The van der Waals surface area contributed by atoms with Gasteiger partial charge in [0, 0.05) is 0 Å². The van der Waals surface area contributed by atoms with Gasteiger partial charge >= 0.3 is 10.1 Å². The van der Waals surface area contributed by atoms with Crippen LogP contribution in [0.4, 0.5) is 17.6 Å². The van der Waals surface area contributed by atoms with Gasteiger partial charge in [0.15, 0.2) is 33.1 Å². The van der Waals surface area contributed by atoms with Gasteiger partial charge in [-0.1, -0.05) is 0 Å². The van der Waals surface area contributed by atoms with Crippen molar-refractivity contribution in [3.63, 3.8) is 0 Å². The van der Waals surface area contributed by atoms with Crippen LogP contribution in [-0.2, 0) is 20.1 Å². The van der Waals surface area contributed by atoms with Gasteiger partial charge in [-0.05, 0) is 0 Å². The molecule has 1 rings (SSSR count). The standard InChI is InChI=1S/C6H3F4NO5S2/c7-1-3(9)6(18(14,15)16)4(10)2(8)5(1)17(11,12)13/h(H2,11,12,13)(H,14,15,16). The lowest BCUT2D eigenvalue weighted by molar-refractivity contribution is 0.380. The summed E-state index contributed by atoms with van der Waals surface area (Å²) in [5, 5.41) is 4.30. The van der Waals surface area contributed by atoms with E-state index in [2.05, 4.69) is 5.14 Å². The molecule has 18 heavy (non-hydrogen) atoms. The van der Waals surface area contributed by atoms with Gasteiger partial charge in [0.1, 0.15) is 0 Å². The van der Waals surface area contributed by atoms with E-state index in [1.807, 2.05) is 0 Å². The molecule has 0 radical (unpaired) electrons. The van der Waals surface area contributed by atoms with E-state index in [1.54, 1.807) is 0 Å². The van der Waals surface area contributed by atoms with Gasteiger partial charge in [-0.3, -0.25) is 4.55 Å². The fourth-order valence-corrected chi connectivity index (χ4v) is 2.38. The summed E-state index contributed by atoms with van der Waals surface area (Å²) in [5.41, 5.74) is 0. The molecule has 0 spiro atoms. The molecule has 1 aromatic rings. The molecule has 0 aliphatic rings. The van der Waals surface area contributed by atoms with Crippen molar-refractivity contribution in [2.24, 2.45) is 5.14 Å². The van der Waals surface area contributed by atoms with E-state index in [0.717, 1.165) is 0 Å². The minimum Gasteiger partial charge on any atom is -0.282 e. The molecule has 12 heteroatoms. The largest absolute Gasteiger partial charge is 0.300 e. The Labute approximate surface area is 97.8 Å². The molecule has 0 saturated carbocycles. The Bertz CT molecular complexity index is 635. The number of primary sulfonamides is 1. The van der Waals surface area contributed by atoms with Gasteiger partial charge in [-0.15, -0.1) is 0 Å². The summed E-state index contributed by atoms with van der Waals surface area (Å²) in [6.07, 6.45) is 0. The zero-order chi connectivity index (χ0) is 14.5. The number of sulfonamides is 1. The topological polar surface area (TPSA) is 115 Å². The van der Waals surface area contributed by atoms with Crippen molar-refractivity contribution in [1.82, 2.24) is 0 Å². The molecule has 0 amide bonds. The predicted molar refractivity (Wildman–Crippen MR) is 47.5 cm³/mol. The molecule has 3 N–H and O–H groups in total. The first-order valence-electron chi connectivity index (χ1n) is 3.75. The summed E-state index contributed by atoms with van der Waals surface area (Å²) in [6, 6.07) is 0. The monoisotopic (exact) mass is 309 g/mol. The zero-order valence-electron chi connectivity index (χ0n) is 7.99. The lowest BCUT2D eigenvalue weighted by Gasteiger charge is -2.08. The second-order valence-corrected chi connectivity index (χ2v) is 5.79. The molecule has 0 aromatic heterocycles. The summed E-state index contributed by atoms with van der Waals surface area (Å²) < 4.78 is 103. The molecule has 0 heterocycles. The average molecular weight is 309 g/mol. The van der Waals surface area contributed by atoms with E-state index >= 15 is 0 Å². The quantitative estimate of drug-likeness (QED) is 0.458. The minimum atomic E-state index is -5.64. The van der Waals surface area contributed by atoms with Crippen LogP contribution in [0.3, 0.4) is 0 Å². The van der Waals surface area contributed by atoms with Crippen molar-refractivity contribution < 1.29 is 39.0 Å². The van der Waals surface area contributed by atoms with Crippen LogP contribution in [-0.4, -0.2) is 21.4 Å². The SMILES string of the molecule is NS(=O)(=O)c1c(F)c(F)c(S(=O)(=O)O)c(F)c1F. The van der Waals surface area contributed by atoms with Crippen molar-refractivity contribution in [1.29, 1.82) is 0 Å². The summed E-state index contributed by atoms with van der Waals surface area (Å²) in [7, 11) is -10.8. The molecule has 0 bridgehead atoms. The molecular formula is C6H3F4NO5S2. The van der Waals surface area contributed by atoms with Crippen LogP contribution in [0.5, 0.6) is 0 Å². The first-order valence-corrected chi connectivity index (χ1v) is 6.74. The molecule has 0 aliphatic heterocycles. The second-order valence-electron chi connectivity index (χ2n) is 2.93. The molecule has 0 fully saturated rings. The van der Waals surface area contributed by atoms with Crippen molar-refractivity contribution in [3.05, 3.63) is 23.3 Å². The van der Waals surface area contributed by atoms with Crippen LogP contribution in [0.1, 0.15) is 0 Å². The lowest BCUT2D eigenvalue weighted by atomic mass is 10.3. The highest BCUT2D eigenvalue weighted by molar-refractivity contribution is 7.89. The number of nitrogens with two attached hydrogens (primary N) is 1. The van der Waals surface area contributed by atoms with E-state index < -0.39 is 53.2 Å². The second kappa shape index (κ2) is 4.15. The van der Waals surface area contributed by atoms with Crippen LogP contribution in [0.15, 0.2) is 9.79 Å². The van der Waals surface area contributed by atoms with E-state index in [0.29, 0.717) is 0 Å². The Morgan fingerprint density at radius 3 is 1.28 bits per heavy atom. The number of benzene rings is 1. The fourth-order valence-electron chi connectivity index (χ4n) is 1.07. The van der Waals surface area contributed by atoms with E-state index in [9.17, 15) is 34.4 Å². The Hall–Kier alpha value is -1.24. The van der Waals surface area contributed by atoms with E-state index in [4.69, 9.17) is 4.55 Å². The third kappa shape index (κ3) is 2.31. The molecule has 0 atom stereocenters. The van der Waals surface area contributed by atoms with Crippen LogP contribution < -0.4 is 5.14 Å².